The molecule has 2 aliphatic rings. The van der Waals surface area contributed by atoms with Crippen LogP contribution in [0.3, 0.4) is 0 Å². The quantitative estimate of drug-likeness (QED) is 0.692. The van der Waals surface area contributed by atoms with E-state index in [0.29, 0.717) is 17.9 Å². The largest absolute Gasteiger partial charge is 0.353 e. The molecule has 1 aliphatic carbocycles. The molecule has 1 saturated heterocycles. The topological polar surface area (TPSA) is 49.3 Å². The summed E-state index contributed by atoms with van der Waals surface area (Å²) in [6.45, 7) is 9.24. The van der Waals surface area contributed by atoms with E-state index in [1.54, 1.807) is 6.07 Å². The summed E-state index contributed by atoms with van der Waals surface area (Å²) in [6.07, 6.45) is 4.50. The summed E-state index contributed by atoms with van der Waals surface area (Å²) in [5.41, 5.74) is 2.67. The van der Waals surface area contributed by atoms with Gasteiger partial charge in [-0.15, -0.1) is 0 Å². The Hall–Kier alpha value is -2.50. The predicted molar refractivity (Wildman–Crippen MR) is 121 cm³/mol. The lowest BCUT2D eigenvalue weighted by molar-refractivity contribution is -0.138. The molecular formula is C25H33FN4O. The van der Waals surface area contributed by atoms with Crippen LogP contribution in [0, 0.1) is 11.7 Å². The van der Waals surface area contributed by atoms with Crippen molar-refractivity contribution in [1.82, 2.24) is 14.9 Å². The molecule has 31 heavy (non-hydrogen) atoms. The summed E-state index contributed by atoms with van der Waals surface area (Å²) in [5, 5.41) is 0. The van der Waals surface area contributed by atoms with Crippen LogP contribution in [0.5, 0.6) is 0 Å². The van der Waals surface area contributed by atoms with Gasteiger partial charge >= 0.3 is 0 Å². The SMILES string of the molecule is CCc1nc(C(C)C)nc(N2CCN(C(=O)C3CCC3)CC2)c1Cc1ccccc1F. The van der Waals surface area contributed by atoms with Crippen LogP contribution < -0.4 is 4.90 Å². The summed E-state index contributed by atoms with van der Waals surface area (Å²) in [4.78, 5) is 26.7. The lowest BCUT2D eigenvalue weighted by Gasteiger charge is -2.39. The second-order valence-electron chi connectivity index (χ2n) is 9.05. The minimum Gasteiger partial charge on any atom is -0.353 e. The number of aromatic nitrogens is 2. The summed E-state index contributed by atoms with van der Waals surface area (Å²) in [5.74, 6) is 2.32. The fourth-order valence-electron chi connectivity index (χ4n) is 4.41. The van der Waals surface area contributed by atoms with Gasteiger partial charge in [-0.25, -0.2) is 14.4 Å². The highest BCUT2D eigenvalue weighted by Crippen LogP contribution is 2.31. The summed E-state index contributed by atoms with van der Waals surface area (Å²) in [7, 11) is 0. The molecule has 1 saturated carbocycles. The molecule has 1 amide bonds. The number of anilines is 1. The maximum Gasteiger partial charge on any atom is 0.225 e. The number of benzene rings is 1. The molecule has 0 N–H and O–H groups in total. The minimum atomic E-state index is -0.195. The van der Waals surface area contributed by atoms with Crippen molar-refractivity contribution in [2.24, 2.45) is 5.92 Å². The molecular weight excluding hydrogens is 391 g/mol. The van der Waals surface area contributed by atoms with Crippen LogP contribution in [-0.2, 0) is 17.6 Å². The number of rotatable bonds is 6. The Balaban J connectivity index is 1.62. The van der Waals surface area contributed by atoms with Crippen LogP contribution in [0.1, 0.15) is 68.6 Å². The molecule has 2 heterocycles. The number of halogens is 1. The standard InChI is InChI=1S/C25H33FN4O/c1-4-22-20(16-19-8-5-6-11-21(19)26)24(28-23(27-22)17(2)3)29-12-14-30(15-13-29)25(31)18-9-7-10-18/h5-6,8,11,17-18H,4,7,9-10,12-16H2,1-3H3. The molecule has 1 aliphatic heterocycles. The summed E-state index contributed by atoms with van der Waals surface area (Å²) >= 11 is 0. The van der Waals surface area contributed by atoms with Crippen molar-refractivity contribution in [2.45, 2.75) is 58.8 Å². The van der Waals surface area contributed by atoms with Crippen molar-refractivity contribution in [2.75, 3.05) is 31.1 Å². The third-order valence-electron chi connectivity index (χ3n) is 6.61. The van der Waals surface area contributed by atoms with E-state index in [-0.39, 0.29) is 17.7 Å². The first kappa shape index (κ1) is 21.7. The van der Waals surface area contributed by atoms with Crippen molar-refractivity contribution in [1.29, 1.82) is 0 Å². The molecule has 4 rings (SSSR count). The van der Waals surface area contributed by atoms with Gasteiger partial charge in [0.2, 0.25) is 5.91 Å². The van der Waals surface area contributed by atoms with Gasteiger partial charge in [0, 0.05) is 55.7 Å². The molecule has 1 aromatic heterocycles. The van der Waals surface area contributed by atoms with Gasteiger partial charge < -0.3 is 9.80 Å². The fourth-order valence-corrected chi connectivity index (χ4v) is 4.41. The van der Waals surface area contributed by atoms with Gasteiger partial charge in [0.25, 0.3) is 0 Å². The number of carbonyl (C=O) groups is 1. The molecule has 166 valence electrons. The number of piperazine rings is 1. The Kier molecular flexibility index (Phi) is 6.54. The maximum absolute atomic E-state index is 14.4. The number of aryl methyl sites for hydroxylation is 1. The number of hydrogen-bond acceptors (Lipinski definition) is 4. The molecule has 0 radical (unpaired) electrons. The highest BCUT2D eigenvalue weighted by atomic mass is 19.1. The van der Waals surface area contributed by atoms with Gasteiger partial charge in [-0.2, -0.15) is 0 Å². The van der Waals surface area contributed by atoms with Gasteiger partial charge in [-0.1, -0.05) is 45.4 Å². The van der Waals surface area contributed by atoms with E-state index in [4.69, 9.17) is 9.97 Å². The average molecular weight is 425 g/mol. The van der Waals surface area contributed by atoms with E-state index in [1.165, 1.54) is 12.5 Å². The first-order chi connectivity index (χ1) is 15.0. The molecule has 2 fully saturated rings. The molecule has 6 heteroatoms. The zero-order chi connectivity index (χ0) is 22.0. The first-order valence-corrected chi connectivity index (χ1v) is 11.6. The molecule has 1 aromatic carbocycles. The third kappa shape index (κ3) is 4.58. The molecule has 0 bridgehead atoms. The number of amides is 1. The third-order valence-corrected chi connectivity index (χ3v) is 6.61. The van der Waals surface area contributed by atoms with Crippen molar-refractivity contribution >= 4 is 11.7 Å². The summed E-state index contributed by atoms with van der Waals surface area (Å²) < 4.78 is 14.4. The minimum absolute atomic E-state index is 0.195. The number of carbonyl (C=O) groups excluding carboxylic acids is 1. The van der Waals surface area contributed by atoms with Crippen molar-refractivity contribution < 1.29 is 9.18 Å². The Morgan fingerprint density at radius 1 is 1.13 bits per heavy atom. The normalized spacial score (nSPS) is 17.2. The van der Waals surface area contributed by atoms with E-state index >= 15 is 0 Å². The Bertz CT molecular complexity index is 933. The Morgan fingerprint density at radius 3 is 2.42 bits per heavy atom. The van der Waals surface area contributed by atoms with E-state index in [0.717, 1.165) is 68.3 Å². The average Bonchev–Trinajstić information content (AvgIpc) is 2.74. The van der Waals surface area contributed by atoms with Crippen LogP contribution in [0.15, 0.2) is 24.3 Å². The molecule has 0 unspecified atom stereocenters. The smallest absolute Gasteiger partial charge is 0.225 e. The van der Waals surface area contributed by atoms with Crippen LogP contribution in [-0.4, -0.2) is 47.0 Å². The lowest BCUT2D eigenvalue weighted by atomic mass is 9.84. The Morgan fingerprint density at radius 2 is 1.84 bits per heavy atom. The molecule has 5 nitrogen and oxygen atoms in total. The van der Waals surface area contributed by atoms with Gasteiger partial charge in [0.1, 0.15) is 17.5 Å². The van der Waals surface area contributed by atoms with Crippen LogP contribution in [0.25, 0.3) is 0 Å². The molecule has 0 atom stereocenters. The number of hydrogen-bond donors (Lipinski definition) is 0. The highest BCUT2D eigenvalue weighted by Gasteiger charge is 2.32. The zero-order valence-electron chi connectivity index (χ0n) is 18.9. The van der Waals surface area contributed by atoms with Crippen molar-refractivity contribution in [3.8, 4) is 0 Å². The van der Waals surface area contributed by atoms with Gasteiger partial charge in [-0.3, -0.25) is 4.79 Å². The van der Waals surface area contributed by atoms with E-state index in [1.807, 2.05) is 17.0 Å². The van der Waals surface area contributed by atoms with E-state index < -0.39 is 0 Å². The van der Waals surface area contributed by atoms with Crippen molar-refractivity contribution in [3.63, 3.8) is 0 Å². The van der Waals surface area contributed by atoms with Crippen molar-refractivity contribution in [3.05, 3.63) is 52.7 Å². The fraction of sp³-hybridized carbons (Fsp3) is 0.560. The maximum atomic E-state index is 14.4. The van der Waals surface area contributed by atoms with Gasteiger partial charge in [0.15, 0.2) is 0 Å². The number of nitrogens with zero attached hydrogens (tertiary/aromatic N) is 4. The van der Waals surface area contributed by atoms with Gasteiger partial charge in [-0.05, 0) is 30.9 Å². The van der Waals surface area contributed by atoms with Crippen LogP contribution in [0.4, 0.5) is 10.2 Å². The monoisotopic (exact) mass is 424 g/mol. The van der Waals surface area contributed by atoms with Gasteiger partial charge in [0.05, 0.1) is 0 Å². The highest BCUT2D eigenvalue weighted by molar-refractivity contribution is 5.80. The second-order valence-corrected chi connectivity index (χ2v) is 9.05. The van der Waals surface area contributed by atoms with Crippen LogP contribution in [0.2, 0.25) is 0 Å². The Labute approximate surface area is 184 Å². The first-order valence-electron chi connectivity index (χ1n) is 11.6. The van der Waals surface area contributed by atoms with Crippen LogP contribution >= 0.6 is 0 Å². The predicted octanol–water partition coefficient (Wildman–Crippen LogP) is 4.34. The molecule has 0 spiro atoms. The zero-order valence-corrected chi connectivity index (χ0v) is 18.9. The molecule has 2 aromatic rings. The second kappa shape index (κ2) is 9.33. The van der Waals surface area contributed by atoms with E-state index in [2.05, 4.69) is 25.7 Å². The lowest BCUT2D eigenvalue weighted by Crippen LogP contribution is -2.51. The van der Waals surface area contributed by atoms with E-state index in [9.17, 15) is 9.18 Å². The summed E-state index contributed by atoms with van der Waals surface area (Å²) in [6, 6.07) is 6.94.